The van der Waals surface area contributed by atoms with Crippen LogP contribution in [0.4, 0.5) is 11.4 Å². The zero-order chi connectivity index (χ0) is 21.3. The molecule has 2 aromatic carbocycles. The number of hydrogen-bond acceptors (Lipinski definition) is 7. The number of rotatable bonds is 6. The summed E-state index contributed by atoms with van der Waals surface area (Å²) in [7, 11) is 0. The summed E-state index contributed by atoms with van der Waals surface area (Å²) >= 11 is 0. The fourth-order valence-corrected chi connectivity index (χ4v) is 3.22. The lowest BCUT2D eigenvalue weighted by molar-refractivity contribution is -0.384. The normalized spacial score (nSPS) is 10.7. The number of nitro groups is 2. The molecule has 148 valence electrons. The minimum Gasteiger partial charge on any atom is -0.460 e. The summed E-state index contributed by atoms with van der Waals surface area (Å²) in [5.41, 5.74) is 0.476. The van der Waals surface area contributed by atoms with Gasteiger partial charge in [0.2, 0.25) is 0 Å². The Balaban J connectivity index is 1.83. The molecule has 0 unspecified atom stereocenters. The first kappa shape index (κ1) is 18.8. The van der Waals surface area contributed by atoms with Crippen LogP contribution >= 0.6 is 0 Å². The SMILES string of the molecule is O=C(c1occc1-c1ccccc1[N+](=O)[O-])c1occc1-c1ccccc1[N+](=O)[O-]. The van der Waals surface area contributed by atoms with Crippen molar-refractivity contribution in [2.24, 2.45) is 0 Å². The summed E-state index contributed by atoms with van der Waals surface area (Å²) in [4.78, 5) is 34.8. The number of carbonyl (C=O) groups excluding carboxylic acids is 1. The van der Waals surface area contributed by atoms with Crippen LogP contribution in [0.3, 0.4) is 0 Å². The number of para-hydroxylation sites is 2. The number of nitro benzene ring substituents is 2. The lowest BCUT2D eigenvalue weighted by Gasteiger charge is -2.05. The molecule has 0 atom stereocenters. The van der Waals surface area contributed by atoms with Crippen LogP contribution in [-0.4, -0.2) is 15.6 Å². The highest BCUT2D eigenvalue weighted by atomic mass is 16.6. The van der Waals surface area contributed by atoms with Crippen molar-refractivity contribution in [2.75, 3.05) is 0 Å². The Bertz CT molecular complexity index is 1190. The molecule has 2 aromatic heterocycles. The van der Waals surface area contributed by atoms with Gasteiger partial charge in [-0.3, -0.25) is 25.0 Å². The van der Waals surface area contributed by atoms with Crippen molar-refractivity contribution >= 4 is 17.2 Å². The maximum Gasteiger partial charge on any atom is 0.277 e. The van der Waals surface area contributed by atoms with Gasteiger partial charge in [-0.2, -0.15) is 0 Å². The topological polar surface area (TPSA) is 130 Å². The van der Waals surface area contributed by atoms with Crippen LogP contribution < -0.4 is 0 Å². The second-order valence-corrected chi connectivity index (χ2v) is 6.20. The van der Waals surface area contributed by atoms with Crippen molar-refractivity contribution in [3.05, 3.63) is 105 Å². The van der Waals surface area contributed by atoms with Crippen molar-refractivity contribution in [1.82, 2.24) is 0 Å². The van der Waals surface area contributed by atoms with Gasteiger partial charge in [-0.05, 0) is 24.3 Å². The van der Waals surface area contributed by atoms with Crippen LogP contribution in [-0.2, 0) is 0 Å². The van der Waals surface area contributed by atoms with E-state index in [0.717, 1.165) is 0 Å². The standard InChI is InChI=1S/C21H12N2O7/c24-19(20-15(9-11-29-20)13-5-1-3-7-17(13)22(25)26)21-16(10-12-30-21)14-6-2-4-8-18(14)23(27)28/h1-12H. The van der Waals surface area contributed by atoms with E-state index in [0.29, 0.717) is 0 Å². The Morgan fingerprint density at radius 1 is 0.633 bits per heavy atom. The van der Waals surface area contributed by atoms with E-state index >= 15 is 0 Å². The minimum atomic E-state index is -0.689. The summed E-state index contributed by atoms with van der Waals surface area (Å²) in [6.45, 7) is 0. The summed E-state index contributed by atoms with van der Waals surface area (Å²) in [6.07, 6.45) is 2.49. The summed E-state index contributed by atoms with van der Waals surface area (Å²) in [6, 6.07) is 14.8. The fraction of sp³-hybridized carbons (Fsp3) is 0. The Kier molecular flexibility index (Phi) is 4.69. The highest BCUT2D eigenvalue weighted by Crippen LogP contribution is 2.37. The molecule has 0 saturated carbocycles. The molecule has 30 heavy (non-hydrogen) atoms. The largest absolute Gasteiger partial charge is 0.460 e. The van der Waals surface area contributed by atoms with Gasteiger partial charge in [0.1, 0.15) is 0 Å². The third-order valence-electron chi connectivity index (χ3n) is 4.52. The third-order valence-corrected chi connectivity index (χ3v) is 4.52. The first-order chi connectivity index (χ1) is 14.5. The predicted octanol–water partition coefficient (Wildman–Crippen LogP) is 5.25. The van der Waals surface area contributed by atoms with E-state index < -0.39 is 15.6 Å². The smallest absolute Gasteiger partial charge is 0.277 e. The maximum absolute atomic E-state index is 13.2. The molecular weight excluding hydrogens is 392 g/mol. The molecule has 0 aliphatic carbocycles. The zero-order valence-corrected chi connectivity index (χ0v) is 15.2. The Morgan fingerprint density at radius 2 is 1.03 bits per heavy atom. The van der Waals surface area contributed by atoms with Crippen molar-refractivity contribution in [2.45, 2.75) is 0 Å². The highest BCUT2D eigenvalue weighted by Gasteiger charge is 2.29. The van der Waals surface area contributed by atoms with E-state index in [1.165, 1.54) is 61.1 Å². The molecule has 0 N–H and O–H groups in total. The molecule has 0 saturated heterocycles. The molecule has 0 bridgehead atoms. The fourth-order valence-electron chi connectivity index (χ4n) is 3.22. The average Bonchev–Trinajstić information content (AvgIpc) is 3.43. The Hall–Kier alpha value is -4.53. The number of benzene rings is 2. The number of carbonyl (C=O) groups is 1. The minimum absolute atomic E-state index is 0.168. The highest BCUT2D eigenvalue weighted by molar-refractivity contribution is 6.13. The summed E-state index contributed by atoms with van der Waals surface area (Å²) < 4.78 is 10.7. The second-order valence-electron chi connectivity index (χ2n) is 6.20. The quantitative estimate of drug-likeness (QED) is 0.243. The van der Waals surface area contributed by atoms with E-state index in [-0.39, 0.29) is 45.1 Å². The molecule has 0 spiro atoms. The van der Waals surface area contributed by atoms with Crippen molar-refractivity contribution in [3.8, 4) is 22.3 Å². The summed E-state index contributed by atoms with van der Waals surface area (Å²) in [5, 5.41) is 22.7. The molecule has 2 heterocycles. The van der Waals surface area contributed by atoms with Crippen molar-refractivity contribution in [1.29, 1.82) is 0 Å². The number of hydrogen-bond donors (Lipinski definition) is 0. The lowest BCUT2D eigenvalue weighted by atomic mass is 9.98. The van der Waals surface area contributed by atoms with Gasteiger partial charge < -0.3 is 8.83 Å². The van der Waals surface area contributed by atoms with Gasteiger partial charge in [0, 0.05) is 23.3 Å². The van der Waals surface area contributed by atoms with Gasteiger partial charge >= 0.3 is 0 Å². The van der Waals surface area contributed by atoms with Gasteiger partial charge in [0.25, 0.3) is 17.2 Å². The van der Waals surface area contributed by atoms with Crippen LogP contribution in [0.25, 0.3) is 22.3 Å². The van der Waals surface area contributed by atoms with Gasteiger partial charge in [-0.15, -0.1) is 0 Å². The first-order valence-corrected chi connectivity index (χ1v) is 8.66. The molecule has 4 rings (SSSR count). The van der Waals surface area contributed by atoms with Gasteiger partial charge in [-0.25, -0.2) is 0 Å². The molecule has 0 radical (unpaired) electrons. The Morgan fingerprint density at radius 3 is 1.43 bits per heavy atom. The lowest BCUT2D eigenvalue weighted by Crippen LogP contribution is -2.03. The zero-order valence-electron chi connectivity index (χ0n) is 15.2. The van der Waals surface area contributed by atoms with Crippen LogP contribution in [0, 0.1) is 20.2 Å². The molecule has 0 amide bonds. The van der Waals surface area contributed by atoms with Gasteiger partial charge in [0.05, 0.1) is 33.5 Å². The van der Waals surface area contributed by atoms with E-state index in [9.17, 15) is 25.0 Å². The molecule has 9 heteroatoms. The first-order valence-electron chi connectivity index (χ1n) is 8.66. The van der Waals surface area contributed by atoms with Crippen LogP contribution in [0.5, 0.6) is 0 Å². The average molecular weight is 404 g/mol. The van der Waals surface area contributed by atoms with E-state index in [1.807, 2.05) is 0 Å². The number of nitrogens with zero attached hydrogens (tertiary/aromatic N) is 2. The monoisotopic (exact) mass is 404 g/mol. The second kappa shape index (κ2) is 7.47. The van der Waals surface area contributed by atoms with E-state index in [1.54, 1.807) is 12.1 Å². The molecule has 0 aliphatic rings. The van der Waals surface area contributed by atoms with Crippen LogP contribution in [0.15, 0.2) is 82.0 Å². The summed E-state index contributed by atoms with van der Waals surface area (Å²) in [5.74, 6) is -1.02. The number of furan rings is 2. The molecule has 0 fully saturated rings. The molecule has 9 nitrogen and oxygen atoms in total. The molecule has 0 aliphatic heterocycles. The molecule has 4 aromatic rings. The Labute approximate surface area is 168 Å². The van der Waals surface area contributed by atoms with E-state index in [2.05, 4.69) is 0 Å². The van der Waals surface area contributed by atoms with Crippen molar-refractivity contribution in [3.63, 3.8) is 0 Å². The predicted molar refractivity (Wildman–Crippen MR) is 105 cm³/mol. The number of ketones is 1. The van der Waals surface area contributed by atoms with Gasteiger partial charge in [0.15, 0.2) is 11.5 Å². The molecular formula is C21H12N2O7. The third kappa shape index (κ3) is 3.14. The van der Waals surface area contributed by atoms with Gasteiger partial charge in [-0.1, -0.05) is 24.3 Å². The van der Waals surface area contributed by atoms with E-state index in [4.69, 9.17) is 8.83 Å². The van der Waals surface area contributed by atoms with Crippen molar-refractivity contribution < 1.29 is 23.5 Å². The van der Waals surface area contributed by atoms with Crippen LogP contribution in [0.2, 0.25) is 0 Å². The van der Waals surface area contributed by atoms with Crippen LogP contribution in [0.1, 0.15) is 16.3 Å². The maximum atomic E-state index is 13.2.